The van der Waals surface area contributed by atoms with Gasteiger partial charge in [-0.2, -0.15) is 0 Å². The molecule has 1 aliphatic rings. The maximum Gasteiger partial charge on any atom is 0.317 e. The summed E-state index contributed by atoms with van der Waals surface area (Å²) in [6, 6.07) is -0.141. The summed E-state index contributed by atoms with van der Waals surface area (Å²) in [7, 11) is 0. The first-order valence-corrected chi connectivity index (χ1v) is 7.06. The lowest BCUT2D eigenvalue weighted by Gasteiger charge is -2.31. The third-order valence-corrected chi connectivity index (χ3v) is 3.66. The number of urea groups is 1. The fourth-order valence-electron chi connectivity index (χ4n) is 2.34. The van der Waals surface area contributed by atoms with Gasteiger partial charge in [0.15, 0.2) is 0 Å². The minimum atomic E-state index is -0.805. The Kier molecular flexibility index (Phi) is 6.62. The van der Waals surface area contributed by atoms with Crippen molar-refractivity contribution in [2.75, 3.05) is 39.3 Å². The second-order valence-corrected chi connectivity index (χ2v) is 4.88. The number of piperidine rings is 1. The Labute approximate surface area is 114 Å². The molecule has 2 N–H and O–H groups in total. The lowest BCUT2D eigenvalue weighted by Crippen LogP contribution is -2.48. The molecule has 1 heterocycles. The molecular weight excluding hydrogens is 246 g/mol. The van der Waals surface area contributed by atoms with E-state index in [0.29, 0.717) is 26.1 Å². The average molecular weight is 271 g/mol. The van der Waals surface area contributed by atoms with Gasteiger partial charge in [-0.1, -0.05) is 13.8 Å². The van der Waals surface area contributed by atoms with Crippen LogP contribution in [0, 0.1) is 5.92 Å². The molecule has 2 amide bonds. The van der Waals surface area contributed by atoms with Gasteiger partial charge in [0.25, 0.3) is 0 Å². The number of carboxylic acid groups (broad SMARTS) is 1. The molecule has 1 aliphatic heterocycles. The van der Waals surface area contributed by atoms with Crippen LogP contribution in [-0.2, 0) is 4.79 Å². The number of hydrogen-bond donors (Lipinski definition) is 2. The second-order valence-electron chi connectivity index (χ2n) is 4.88. The Morgan fingerprint density at radius 3 is 2.63 bits per heavy atom. The predicted octanol–water partition coefficient (Wildman–Crippen LogP) is 0.834. The van der Waals surface area contributed by atoms with E-state index in [2.05, 4.69) is 24.1 Å². The van der Waals surface area contributed by atoms with Crippen LogP contribution in [-0.4, -0.2) is 66.2 Å². The molecule has 0 aromatic rings. The van der Waals surface area contributed by atoms with Crippen molar-refractivity contribution in [3.05, 3.63) is 0 Å². The number of hydrogen-bond acceptors (Lipinski definition) is 3. The molecule has 0 radical (unpaired) electrons. The van der Waals surface area contributed by atoms with Crippen LogP contribution in [0.15, 0.2) is 0 Å². The van der Waals surface area contributed by atoms with Crippen molar-refractivity contribution in [2.24, 2.45) is 5.92 Å². The Bertz CT molecular complexity index is 306. The van der Waals surface area contributed by atoms with Crippen LogP contribution in [0.1, 0.15) is 26.7 Å². The van der Waals surface area contributed by atoms with E-state index in [-0.39, 0.29) is 6.03 Å². The first-order chi connectivity index (χ1) is 9.08. The molecule has 0 aromatic heterocycles. The van der Waals surface area contributed by atoms with Crippen LogP contribution < -0.4 is 5.32 Å². The number of aliphatic carboxylic acids is 1. The average Bonchev–Trinajstić information content (AvgIpc) is 2.43. The molecule has 0 aromatic carbocycles. The Balaban J connectivity index is 2.31. The van der Waals surface area contributed by atoms with E-state index in [4.69, 9.17) is 5.11 Å². The van der Waals surface area contributed by atoms with Crippen molar-refractivity contribution < 1.29 is 14.7 Å². The van der Waals surface area contributed by atoms with Gasteiger partial charge in [-0.3, -0.25) is 4.79 Å². The Morgan fingerprint density at radius 1 is 1.37 bits per heavy atom. The zero-order valence-electron chi connectivity index (χ0n) is 11.9. The first kappa shape index (κ1) is 15.8. The smallest absolute Gasteiger partial charge is 0.317 e. The second kappa shape index (κ2) is 7.99. The van der Waals surface area contributed by atoms with Gasteiger partial charge >= 0.3 is 12.0 Å². The summed E-state index contributed by atoms with van der Waals surface area (Å²) in [5.74, 6) is -1.22. The molecule has 6 heteroatoms. The van der Waals surface area contributed by atoms with Gasteiger partial charge in [0, 0.05) is 26.2 Å². The minimum absolute atomic E-state index is 0.141. The molecule has 19 heavy (non-hydrogen) atoms. The van der Waals surface area contributed by atoms with Crippen molar-refractivity contribution >= 4 is 12.0 Å². The Hall–Kier alpha value is -1.30. The van der Waals surface area contributed by atoms with Crippen LogP contribution in [0.25, 0.3) is 0 Å². The fraction of sp³-hybridized carbons (Fsp3) is 0.846. The van der Waals surface area contributed by atoms with E-state index in [1.807, 2.05) is 0 Å². The lowest BCUT2D eigenvalue weighted by atomic mass is 9.99. The fourth-order valence-corrected chi connectivity index (χ4v) is 2.34. The van der Waals surface area contributed by atoms with Gasteiger partial charge in [-0.15, -0.1) is 0 Å². The molecule has 1 atom stereocenters. The molecule has 0 unspecified atom stereocenters. The summed E-state index contributed by atoms with van der Waals surface area (Å²) < 4.78 is 0. The van der Waals surface area contributed by atoms with E-state index in [9.17, 15) is 9.59 Å². The summed E-state index contributed by atoms with van der Waals surface area (Å²) >= 11 is 0. The highest BCUT2D eigenvalue weighted by atomic mass is 16.4. The summed E-state index contributed by atoms with van der Waals surface area (Å²) in [6.07, 6.45) is 1.43. The number of nitrogens with one attached hydrogen (secondary N) is 1. The summed E-state index contributed by atoms with van der Waals surface area (Å²) in [4.78, 5) is 26.7. The molecule has 6 nitrogen and oxygen atoms in total. The van der Waals surface area contributed by atoms with E-state index in [0.717, 1.165) is 26.1 Å². The van der Waals surface area contributed by atoms with Crippen LogP contribution in [0.5, 0.6) is 0 Å². The van der Waals surface area contributed by atoms with Crippen molar-refractivity contribution in [1.82, 2.24) is 15.1 Å². The number of amides is 2. The van der Waals surface area contributed by atoms with Crippen LogP contribution >= 0.6 is 0 Å². The van der Waals surface area contributed by atoms with Crippen LogP contribution in [0.3, 0.4) is 0 Å². The number of likely N-dealkylation sites (tertiary alicyclic amines) is 1. The highest BCUT2D eigenvalue weighted by Gasteiger charge is 2.27. The van der Waals surface area contributed by atoms with E-state index in [1.54, 1.807) is 4.90 Å². The number of carbonyl (C=O) groups excluding carboxylic acids is 1. The number of likely N-dealkylation sites (N-methyl/N-ethyl adjacent to an activating group) is 1. The maximum atomic E-state index is 11.9. The zero-order chi connectivity index (χ0) is 14.3. The molecule has 1 fully saturated rings. The topological polar surface area (TPSA) is 72.9 Å². The molecule has 110 valence electrons. The predicted molar refractivity (Wildman–Crippen MR) is 73.1 cm³/mol. The number of rotatable bonds is 6. The third-order valence-electron chi connectivity index (χ3n) is 3.66. The molecule has 0 aliphatic carbocycles. The highest BCUT2D eigenvalue weighted by molar-refractivity contribution is 5.76. The monoisotopic (exact) mass is 271 g/mol. The van der Waals surface area contributed by atoms with Crippen LogP contribution in [0.2, 0.25) is 0 Å². The van der Waals surface area contributed by atoms with Gasteiger partial charge in [0.05, 0.1) is 5.92 Å². The van der Waals surface area contributed by atoms with E-state index < -0.39 is 11.9 Å². The van der Waals surface area contributed by atoms with Gasteiger partial charge in [0.2, 0.25) is 0 Å². The van der Waals surface area contributed by atoms with Crippen molar-refractivity contribution in [1.29, 1.82) is 0 Å². The van der Waals surface area contributed by atoms with Crippen molar-refractivity contribution in [3.8, 4) is 0 Å². The quantitative estimate of drug-likeness (QED) is 0.750. The SMILES string of the molecule is CCN(CC)CCNC(=O)N1CCC[C@@H](C(=O)O)C1. The number of carboxylic acids is 1. The normalized spacial score (nSPS) is 19.5. The van der Waals surface area contributed by atoms with Gasteiger partial charge in [-0.05, 0) is 25.9 Å². The van der Waals surface area contributed by atoms with Gasteiger partial charge < -0.3 is 20.2 Å². The van der Waals surface area contributed by atoms with Gasteiger partial charge in [-0.25, -0.2) is 4.79 Å². The molecule has 0 spiro atoms. The lowest BCUT2D eigenvalue weighted by molar-refractivity contribution is -0.143. The van der Waals surface area contributed by atoms with Crippen molar-refractivity contribution in [2.45, 2.75) is 26.7 Å². The molecule has 0 bridgehead atoms. The molecular formula is C13H25N3O3. The highest BCUT2D eigenvalue weighted by Crippen LogP contribution is 2.16. The van der Waals surface area contributed by atoms with E-state index >= 15 is 0 Å². The maximum absolute atomic E-state index is 11.9. The van der Waals surface area contributed by atoms with Crippen LogP contribution in [0.4, 0.5) is 4.79 Å². The van der Waals surface area contributed by atoms with Gasteiger partial charge in [0.1, 0.15) is 0 Å². The zero-order valence-corrected chi connectivity index (χ0v) is 11.9. The standard InChI is InChI=1S/C13H25N3O3/c1-3-15(4-2)9-7-14-13(19)16-8-5-6-11(10-16)12(17)18/h11H,3-10H2,1-2H3,(H,14,19)(H,17,18)/t11-/m1/s1. The van der Waals surface area contributed by atoms with E-state index in [1.165, 1.54) is 0 Å². The molecule has 1 saturated heterocycles. The summed E-state index contributed by atoms with van der Waals surface area (Å²) in [6.45, 7) is 8.53. The Morgan fingerprint density at radius 2 is 2.05 bits per heavy atom. The summed E-state index contributed by atoms with van der Waals surface area (Å²) in [5, 5.41) is 11.8. The molecule has 1 rings (SSSR count). The minimum Gasteiger partial charge on any atom is -0.481 e. The summed E-state index contributed by atoms with van der Waals surface area (Å²) in [5.41, 5.74) is 0. The first-order valence-electron chi connectivity index (χ1n) is 7.06. The number of nitrogens with zero attached hydrogens (tertiary/aromatic N) is 2. The molecule has 0 saturated carbocycles. The number of carbonyl (C=O) groups is 2. The third kappa shape index (κ3) is 5.06. The largest absolute Gasteiger partial charge is 0.481 e. The van der Waals surface area contributed by atoms with Crippen molar-refractivity contribution in [3.63, 3.8) is 0 Å².